The highest BCUT2D eigenvalue weighted by molar-refractivity contribution is 8.00. The number of alkyl halides is 3. The van der Waals surface area contributed by atoms with Crippen molar-refractivity contribution < 1.29 is 18.0 Å². The molecule has 0 bridgehead atoms. The van der Waals surface area contributed by atoms with E-state index in [9.17, 15) is 18.0 Å². The van der Waals surface area contributed by atoms with Gasteiger partial charge in [-0.05, 0) is 29.5 Å². The minimum Gasteiger partial charge on any atom is -0.332 e. The van der Waals surface area contributed by atoms with Crippen LogP contribution in [0.5, 0.6) is 0 Å². The average molecular weight is 339 g/mol. The van der Waals surface area contributed by atoms with Crippen LogP contribution in [0.3, 0.4) is 0 Å². The molecule has 1 aliphatic rings. The number of benzene rings is 1. The van der Waals surface area contributed by atoms with E-state index >= 15 is 0 Å². The summed E-state index contributed by atoms with van der Waals surface area (Å²) in [5, 5.41) is 3.68. The molecule has 0 spiro atoms. The second-order valence-corrected chi connectivity index (χ2v) is 6.07. The van der Waals surface area contributed by atoms with Gasteiger partial charge in [0.2, 0.25) is 5.91 Å². The maximum atomic E-state index is 12.2. The number of carbonyl (C=O) groups is 1. The number of piperazine rings is 1. The first kappa shape index (κ1) is 16.5. The Hall–Kier alpha value is -0.920. The minimum atomic E-state index is -4.39. The van der Waals surface area contributed by atoms with E-state index in [1.807, 2.05) is 6.07 Å². The van der Waals surface area contributed by atoms with Crippen molar-refractivity contribution >= 4 is 29.3 Å². The van der Waals surface area contributed by atoms with Crippen LogP contribution in [0, 0.1) is 0 Å². The van der Waals surface area contributed by atoms with Crippen molar-refractivity contribution in [3.05, 3.63) is 34.9 Å². The van der Waals surface area contributed by atoms with Gasteiger partial charge in [-0.15, -0.1) is 0 Å². The number of carbonyl (C=O) groups excluding carboxylic acids is 1. The normalized spacial score (nSPS) is 19.6. The first-order chi connectivity index (χ1) is 9.87. The lowest BCUT2D eigenvalue weighted by Crippen LogP contribution is -2.49. The second kappa shape index (κ2) is 6.89. The number of hydrogen-bond acceptors (Lipinski definition) is 3. The zero-order valence-electron chi connectivity index (χ0n) is 11.0. The fourth-order valence-corrected chi connectivity index (χ4v) is 2.89. The Balaban J connectivity index is 2.10. The number of thioether (sulfide) groups is 1. The fraction of sp³-hybridized carbons (Fsp3) is 0.462. The van der Waals surface area contributed by atoms with E-state index in [1.165, 1.54) is 4.90 Å². The summed E-state index contributed by atoms with van der Waals surface area (Å²) in [5.41, 5.74) is -3.57. The van der Waals surface area contributed by atoms with Crippen LogP contribution < -0.4 is 5.32 Å². The van der Waals surface area contributed by atoms with Gasteiger partial charge in [-0.3, -0.25) is 4.79 Å². The van der Waals surface area contributed by atoms with Gasteiger partial charge < -0.3 is 10.2 Å². The largest absolute Gasteiger partial charge is 0.442 e. The van der Waals surface area contributed by atoms with Crippen molar-refractivity contribution in [1.29, 1.82) is 0 Å². The lowest BCUT2D eigenvalue weighted by atomic mass is 10.0. The predicted molar refractivity (Wildman–Crippen MR) is 77.3 cm³/mol. The van der Waals surface area contributed by atoms with Crippen molar-refractivity contribution in [3.8, 4) is 0 Å². The quantitative estimate of drug-likeness (QED) is 0.919. The molecule has 21 heavy (non-hydrogen) atoms. The molecule has 0 radical (unpaired) electrons. The van der Waals surface area contributed by atoms with Crippen LogP contribution >= 0.6 is 23.4 Å². The number of rotatable bonds is 3. The van der Waals surface area contributed by atoms with Crippen molar-refractivity contribution in [1.82, 2.24) is 10.2 Å². The molecule has 8 heteroatoms. The molecule has 1 amide bonds. The molecule has 1 aromatic rings. The molecule has 1 atom stereocenters. The Morgan fingerprint density at radius 3 is 2.90 bits per heavy atom. The highest BCUT2D eigenvalue weighted by Gasteiger charge is 2.33. The topological polar surface area (TPSA) is 32.3 Å². The average Bonchev–Trinajstić information content (AvgIpc) is 2.44. The Labute approximate surface area is 129 Å². The van der Waals surface area contributed by atoms with E-state index < -0.39 is 17.2 Å². The molecule has 0 aromatic heterocycles. The maximum absolute atomic E-state index is 12.2. The lowest BCUT2D eigenvalue weighted by molar-refractivity contribution is -0.131. The van der Waals surface area contributed by atoms with Gasteiger partial charge in [0, 0.05) is 24.7 Å². The predicted octanol–water partition coefficient (Wildman–Crippen LogP) is 3.07. The van der Waals surface area contributed by atoms with Gasteiger partial charge in [-0.2, -0.15) is 13.2 Å². The molecular weight excluding hydrogens is 325 g/mol. The third kappa shape index (κ3) is 4.79. The molecule has 1 N–H and O–H groups in total. The molecule has 2 rings (SSSR count). The Morgan fingerprint density at radius 2 is 2.24 bits per heavy atom. The minimum absolute atomic E-state index is 0.293. The standard InChI is InChI=1S/C13H14ClF3N2OS/c14-10-3-1-2-9(6-10)11-7-18-4-5-19(11)12(20)8-21-13(15,16)17/h1-3,6,11,18H,4-5,7-8H2. The van der Waals surface area contributed by atoms with Crippen LogP contribution in [0.2, 0.25) is 5.02 Å². The van der Waals surface area contributed by atoms with Gasteiger partial charge in [0.15, 0.2) is 0 Å². The molecular formula is C13H14ClF3N2OS. The molecule has 0 aliphatic carbocycles. The molecule has 1 aromatic carbocycles. The molecule has 1 heterocycles. The summed E-state index contributed by atoms with van der Waals surface area (Å²) in [6.07, 6.45) is 0. The molecule has 0 saturated carbocycles. The Morgan fingerprint density at radius 1 is 1.48 bits per heavy atom. The third-order valence-corrected chi connectivity index (χ3v) is 4.11. The second-order valence-electron chi connectivity index (χ2n) is 4.60. The van der Waals surface area contributed by atoms with Crippen LogP contribution in [0.1, 0.15) is 11.6 Å². The van der Waals surface area contributed by atoms with Crippen molar-refractivity contribution in [3.63, 3.8) is 0 Å². The molecule has 116 valence electrons. The SMILES string of the molecule is O=C(CSC(F)(F)F)N1CCNCC1c1cccc(Cl)c1. The maximum Gasteiger partial charge on any atom is 0.442 e. The summed E-state index contributed by atoms with van der Waals surface area (Å²) in [5.74, 6) is -1.11. The van der Waals surface area contributed by atoms with Crippen LogP contribution in [0.4, 0.5) is 13.2 Å². The van der Waals surface area contributed by atoms with Gasteiger partial charge in [0.25, 0.3) is 0 Å². The third-order valence-electron chi connectivity index (χ3n) is 3.16. The molecule has 3 nitrogen and oxygen atoms in total. The van der Waals surface area contributed by atoms with Crippen LogP contribution in [0.25, 0.3) is 0 Å². The van der Waals surface area contributed by atoms with E-state index in [2.05, 4.69) is 5.32 Å². The fourth-order valence-electron chi connectivity index (χ4n) is 2.24. The van der Waals surface area contributed by atoms with E-state index in [4.69, 9.17) is 11.6 Å². The van der Waals surface area contributed by atoms with E-state index in [0.717, 1.165) is 5.56 Å². The highest BCUT2D eigenvalue weighted by Crippen LogP contribution is 2.31. The van der Waals surface area contributed by atoms with Crippen molar-refractivity contribution in [2.45, 2.75) is 11.6 Å². The van der Waals surface area contributed by atoms with E-state index in [0.29, 0.717) is 24.7 Å². The van der Waals surface area contributed by atoms with Gasteiger partial charge in [-0.1, -0.05) is 23.7 Å². The zero-order valence-corrected chi connectivity index (χ0v) is 12.6. The first-order valence-electron chi connectivity index (χ1n) is 6.33. The van der Waals surface area contributed by atoms with Crippen LogP contribution in [-0.2, 0) is 4.79 Å². The molecule has 1 saturated heterocycles. The lowest BCUT2D eigenvalue weighted by Gasteiger charge is -2.36. The van der Waals surface area contributed by atoms with Crippen LogP contribution in [-0.4, -0.2) is 41.7 Å². The number of halogens is 4. The van der Waals surface area contributed by atoms with Crippen molar-refractivity contribution in [2.24, 2.45) is 0 Å². The van der Waals surface area contributed by atoms with E-state index in [-0.39, 0.29) is 17.8 Å². The number of nitrogens with one attached hydrogen (secondary N) is 1. The van der Waals surface area contributed by atoms with Crippen molar-refractivity contribution in [2.75, 3.05) is 25.4 Å². The summed E-state index contributed by atoms with van der Waals surface area (Å²) in [4.78, 5) is 13.5. The smallest absolute Gasteiger partial charge is 0.332 e. The number of amides is 1. The Kier molecular flexibility index (Phi) is 5.40. The highest BCUT2D eigenvalue weighted by atomic mass is 35.5. The van der Waals surface area contributed by atoms with Crippen LogP contribution in [0.15, 0.2) is 24.3 Å². The molecule has 1 unspecified atom stereocenters. The van der Waals surface area contributed by atoms with Gasteiger partial charge >= 0.3 is 5.51 Å². The summed E-state index contributed by atoms with van der Waals surface area (Å²) in [6, 6.07) is 6.74. The zero-order chi connectivity index (χ0) is 15.5. The van der Waals surface area contributed by atoms with Gasteiger partial charge in [0.05, 0.1) is 11.8 Å². The molecule has 1 aliphatic heterocycles. The summed E-state index contributed by atoms with van der Waals surface area (Å²) >= 11 is 5.63. The number of hydrogen-bond donors (Lipinski definition) is 1. The van der Waals surface area contributed by atoms with E-state index in [1.54, 1.807) is 18.2 Å². The molecule has 1 fully saturated rings. The summed E-state index contributed by atoms with van der Waals surface area (Å²) in [7, 11) is 0. The monoisotopic (exact) mass is 338 g/mol. The first-order valence-corrected chi connectivity index (χ1v) is 7.69. The summed E-state index contributed by atoms with van der Waals surface area (Å²) in [6.45, 7) is 1.46. The Bertz CT molecular complexity index is 512. The number of nitrogens with zero attached hydrogens (tertiary/aromatic N) is 1. The van der Waals surface area contributed by atoms with Gasteiger partial charge in [-0.25, -0.2) is 0 Å². The van der Waals surface area contributed by atoms with Gasteiger partial charge in [0.1, 0.15) is 0 Å². The summed E-state index contributed by atoms with van der Waals surface area (Å²) < 4.78 is 36.7.